The first-order valence-corrected chi connectivity index (χ1v) is 5.79. The zero-order valence-corrected chi connectivity index (χ0v) is 5.72. The Labute approximate surface area is 48.7 Å². The van der Waals surface area contributed by atoms with Crippen molar-refractivity contribution in [2.75, 3.05) is 0 Å². The molecule has 0 nitrogen and oxygen atoms in total. The zero-order valence-electron chi connectivity index (χ0n) is 2.72. The highest BCUT2D eigenvalue weighted by Gasteiger charge is 2.28. The van der Waals surface area contributed by atoms with Crippen molar-refractivity contribution < 1.29 is 13.2 Å². The van der Waals surface area contributed by atoms with E-state index >= 15 is 0 Å². The van der Waals surface area contributed by atoms with Crippen molar-refractivity contribution >= 4 is 31.1 Å². The third-order valence-electron chi connectivity index (χ3n) is 0.152. The van der Waals surface area contributed by atoms with Crippen LogP contribution in [0.3, 0.4) is 0 Å². The Morgan fingerprint density at radius 2 is 1.50 bits per heavy atom. The van der Waals surface area contributed by atoms with Crippen molar-refractivity contribution in [1.29, 1.82) is 0 Å². The molecule has 0 aliphatic rings. The molecular formula is CBrF3Mg. The highest BCUT2D eigenvalue weighted by molar-refractivity contribution is 9.23. The molecule has 0 saturated heterocycles. The van der Waals surface area contributed by atoms with Crippen LogP contribution in [0.25, 0.3) is 0 Å². The topological polar surface area (TPSA) is 0 Å². The lowest BCUT2D eigenvalue weighted by Crippen LogP contribution is -2.11. The molecule has 6 heavy (non-hydrogen) atoms. The molecule has 0 radical (unpaired) electrons. The van der Waals surface area contributed by atoms with Gasteiger partial charge in [0.2, 0.25) is 0 Å². The summed E-state index contributed by atoms with van der Waals surface area (Å²) in [6.07, 6.45) is 0. The van der Waals surface area contributed by atoms with E-state index in [0.717, 1.165) is 0 Å². The Balaban J connectivity index is 3.17. The summed E-state index contributed by atoms with van der Waals surface area (Å²) >= 11 is 0.448. The Kier molecular flexibility index (Phi) is 2.78. The number of hydrogen-bond donors (Lipinski definition) is 0. The molecule has 0 bridgehead atoms. The van der Waals surface area contributed by atoms with Gasteiger partial charge in [0.25, 0.3) is 4.31 Å². The molecule has 0 aromatic heterocycles. The first-order chi connectivity index (χ1) is 2.56. The highest BCUT2D eigenvalue weighted by atomic mass is 79.9. The van der Waals surface area contributed by atoms with E-state index < -0.39 is 22.5 Å². The second-order valence-electron chi connectivity index (χ2n) is 0.749. The van der Waals surface area contributed by atoms with Crippen molar-refractivity contribution in [3.8, 4) is 0 Å². The van der Waals surface area contributed by atoms with Gasteiger partial charge in [-0.15, -0.1) is 0 Å². The average molecular weight is 173 g/mol. The summed E-state index contributed by atoms with van der Waals surface area (Å²) < 4.78 is 28.5. The molecule has 0 saturated carbocycles. The molecule has 0 rings (SSSR count). The van der Waals surface area contributed by atoms with Crippen molar-refractivity contribution in [1.82, 2.24) is 0 Å². The number of alkyl halides is 3. The number of rotatable bonds is 0. The summed E-state index contributed by atoms with van der Waals surface area (Å²) in [5, 5.41) is 0. The molecule has 0 aliphatic carbocycles. The molecule has 0 spiro atoms. The van der Waals surface area contributed by atoms with E-state index in [9.17, 15) is 13.2 Å². The maximum Gasteiger partial charge on any atom is 0.627 e. The molecule has 0 heterocycles. The van der Waals surface area contributed by atoms with Gasteiger partial charge in [0.1, 0.15) is 0 Å². The summed E-state index contributed by atoms with van der Waals surface area (Å²) in [5.74, 6) is 0. The van der Waals surface area contributed by atoms with Crippen LogP contribution in [0.4, 0.5) is 13.2 Å². The summed E-state index contributed by atoms with van der Waals surface area (Å²) in [4.78, 5) is 0. The van der Waals surface area contributed by atoms with Gasteiger partial charge >= 0.3 is 18.2 Å². The molecular weight excluding hydrogens is 173 g/mol. The van der Waals surface area contributed by atoms with Crippen LogP contribution in [-0.4, -0.2) is 22.5 Å². The lowest BCUT2D eigenvalue weighted by atomic mass is 11.5. The van der Waals surface area contributed by atoms with E-state index in [4.69, 9.17) is 0 Å². The first kappa shape index (κ1) is 7.04. The summed E-state index contributed by atoms with van der Waals surface area (Å²) in [7, 11) is 0. The van der Waals surface area contributed by atoms with Gasteiger partial charge in [0, 0.05) is 0 Å². The fraction of sp³-hybridized carbons (Fsp3) is 1.00. The fourth-order valence-electron chi connectivity index (χ4n) is 0. The van der Waals surface area contributed by atoms with Gasteiger partial charge < -0.3 is 0 Å². The predicted molar refractivity (Wildman–Crippen MR) is 20.7 cm³/mol. The minimum Gasteiger partial charge on any atom is -0.289 e. The van der Waals surface area contributed by atoms with Crippen molar-refractivity contribution in [2.45, 2.75) is 4.31 Å². The van der Waals surface area contributed by atoms with Gasteiger partial charge in [0.05, 0.1) is 0 Å². The maximum atomic E-state index is 10.8. The minimum absolute atomic E-state index is 1.94. The summed E-state index contributed by atoms with van der Waals surface area (Å²) in [6.45, 7) is 0. The Hall–Kier alpha value is 1.04. The van der Waals surface area contributed by atoms with Crippen molar-refractivity contribution in [2.24, 2.45) is 0 Å². The molecule has 0 aliphatic heterocycles. The SMILES string of the molecule is F[C](F)(F)[Mg][Br]. The Bertz CT molecular complexity index is 40.5. The van der Waals surface area contributed by atoms with E-state index in [1.165, 1.54) is 0 Å². The lowest BCUT2D eigenvalue weighted by Gasteiger charge is -1.95. The summed E-state index contributed by atoms with van der Waals surface area (Å²) in [5.41, 5.74) is 0. The monoisotopic (exact) mass is 172 g/mol. The molecule has 0 aromatic rings. The Morgan fingerprint density at radius 3 is 1.50 bits per heavy atom. The van der Waals surface area contributed by atoms with Gasteiger partial charge in [-0.3, -0.25) is 12.9 Å². The van der Waals surface area contributed by atoms with Gasteiger partial charge in [-0.2, -0.15) is 0 Å². The minimum atomic E-state index is -3.90. The predicted octanol–water partition coefficient (Wildman–Crippen LogP) is 1.52. The van der Waals surface area contributed by atoms with Crippen LogP contribution in [0.15, 0.2) is 0 Å². The van der Waals surface area contributed by atoms with Gasteiger partial charge in [0.15, 0.2) is 0 Å². The van der Waals surface area contributed by atoms with Crippen LogP contribution in [0.1, 0.15) is 0 Å². The van der Waals surface area contributed by atoms with E-state index in [1.807, 2.05) is 0 Å². The van der Waals surface area contributed by atoms with Crippen LogP contribution in [0.5, 0.6) is 0 Å². The van der Waals surface area contributed by atoms with Crippen LogP contribution in [0.2, 0.25) is 0 Å². The van der Waals surface area contributed by atoms with E-state index in [1.54, 1.807) is 0 Å². The third-order valence-corrected chi connectivity index (χ3v) is 2.36. The first-order valence-electron chi connectivity index (χ1n) is 1.19. The second kappa shape index (κ2) is 2.37. The molecule has 5 heteroatoms. The highest BCUT2D eigenvalue weighted by Crippen LogP contribution is 2.13. The smallest absolute Gasteiger partial charge is 0.289 e. The van der Waals surface area contributed by atoms with Gasteiger partial charge in [-0.05, 0) is 0 Å². The van der Waals surface area contributed by atoms with Crippen molar-refractivity contribution in [3.63, 3.8) is 0 Å². The quantitative estimate of drug-likeness (QED) is 0.487. The molecule has 0 aromatic carbocycles. The summed E-state index contributed by atoms with van der Waals surface area (Å²) in [6, 6.07) is 0. The van der Waals surface area contributed by atoms with Crippen LogP contribution in [-0.2, 0) is 0 Å². The van der Waals surface area contributed by atoms with E-state index in [2.05, 4.69) is 12.9 Å². The largest absolute Gasteiger partial charge is 0.627 e. The number of hydrogen-bond acceptors (Lipinski definition) is 0. The van der Waals surface area contributed by atoms with Gasteiger partial charge in [-0.25, -0.2) is 13.2 Å². The van der Waals surface area contributed by atoms with Crippen LogP contribution in [0, 0.1) is 0 Å². The third kappa shape index (κ3) is 5.04. The number of halogens is 4. The molecule has 0 fully saturated rings. The molecule has 0 amide bonds. The van der Waals surface area contributed by atoms with Crippen LogP contribution >= 0.6 is 12.9 Å². The van der Waals surface area contributed by atoms with Gasteiger partial charge in [-0.1, -0.05) is 0 Å². The molecule has 0 unspecified atom stereocenters. The maximum absolute atomic E-state index is 10.8. The second-order valence-corrected chi connectivity index (χ2v) is 3.50. The lowest BCUT2D eigenvalue weighted by molar-refractivity contribution is -0.0439. The standard InChI is InChI=1S/CF3.BrH.Mg/c2-1(3)4;;/h;1H;/q;;+1/p-1. The van der Waals surface area contributed by atoms with Crippen molar-refractivity contribution in [3.05, 3.63) is 0 Å². The molecule has 0 N–H and O–H groups in total. The normalized spacial score (nSPS) is 10.7. The average Bonchev–Trinajstić information content (AvgIpc) is 1.35. The Morgan fingerprint density at radius 1 is 1.33 bits per heavy atom. The fourth-order valence-corrected chi connectivity index (χ4v) is 0. The van der Waals surface area contributed by atoms with Crippen LogP contribution < -0.4 is 0 Å². The zero-order chi connectivity index (χ0) is 5.21. The van der Waals surface area contributed by atoms with E-state index in [0.29, 0.717) is 0 Å². The molecule has 0 atom stereocenters. The molecule has 34 valence electrons. The van der Waals surface area contributed by atoms with E-state index in [-0.39, 0.29) is 0 Å².